The Bertz CT molecular complexity index is 403. The van der Waals surface area contributed by atoms with Crippen molar-refractivity contribution in [3.63, 3.8) is 0 Å². The third-order valence-electron chi connectivity index (χ3n) is 3.97. The van der Waals surface area contributed by atoms with E-state index < -0.39 is 0 Å². The molecule has 112 valence electrons. The minimum Gasteiger partial charge on any atom is -0.463 e. The topological polar surface area (TPSA) is 47.0 Å². The van der Waals surface area contributed by atoms with E-state index in [0.717, 1.165) is 37.4 Å². The lowest BCUT2D eigenvalue weighted by Crippen LogP contribution is -2.17. The molecule has 1 aromatic rings. The first-order valence-electron chi connectivity index (χ1n) is 7.95. The van der Waals surface area contributed by atoms with Gasteiger partial charge in [-0.2, -0.15) is 0 Å². The van der Waals surface area contributed by atoms with Crippen LogP contribution in [-0.4, -0.2) is 23.1 Å². The quantitative estimate of drug-likeness (QED) is 0.777. The van der Waals surface area contributed by atoms with Crippen molar-refractivity contribution in [3.8, 4) is 6.01 Å². The maximum absolute atomic E-state index is 5.76. The van der Waals surface area contributed by atoms with E-state index in [1.165, 1.54) is 32.1 Å². The fourth-order valence-electron chi connectivity index (χ4n) is 2.66. The van der Waals surface area contributed by atoms with E-state index in [4.69, 9.17) is 4.74 Å². The van der Waals surface area contributed by atoms with Crippen molar-refractivity contribution >= 4 is 0 Å². The zero-order chi connectivity index (χ0) is 14.2. The van der Waals surface area contributed by atoms with Gasteiger partial charge in [0.05, 0.1) is 6.61 Å². The van der Waals surface area contributed by atoms with E-state index in [0.29, 0.717) is 11.9 Å². The molecule has 0 aliphatic heterocycles. The summed E-state index contributed by atoms with van der Waals surface area (Å²) in [6.45, 7) is 6.82. The standard InChI is InChI=1S/C16H27N3O/c1-3-9-17-10-15-11-18-16(19-13(15)2)20-12-14-7-5-4-6-8-14/h11,14,17H,3-10,12H2,1-2H3. The smallest absolute Gasteiger partial charge is 0.316 e. The Hall–Kier alpha value is -1.16. The summed E-state index contributed by atoms with van der Waals surface area (Å²) in [5.41, 5.74) is 2.17. The van der Waals surface area contributed by atoms with Crippen LogP contribution in [0, 0.1) is 12.8 Å². The maximum Gasteiger partial charge on any atom is 0.316 e. The fraction of sp³-hybridized carbons (Fsp3) is 0.750. The van der Waals surface area contributed by atoms with Gasteiger partial charge in [-0.15, -0.1) is 0 Å². The Morgan fingerprint density at radius 3 is 2.80 bits per heavy atom. The lowest BCUT2D eigenvalue weighted by atomic mass is 9.90. The summed E-state index contributed by atoms with van der Waals surface area (Å²) in [4.78, 5) is 8.79. The van der Waals surface area contributed by atoms with Crippen molar-refractivity contribution in [2.45, 2.75) is 58.9 Å². The largest absolute Gasteiger partial charge is 0.463 e. The summed E-state index contributed by atoms with van der Waals surface area (Å²) in [5.74, 6) is 0.693. The molecule has 4 nitrogen and oxygen atoms in total. The molecular formula is C16H27N3O. The third kappa shape index (κ3) is 4.75. The van der Waals surface area contributed by atoms with Gasteiger partial charge in [0.1, 0.15) is 0 Å². The number of rotatable bonds is 7. The predicted octanol–water partition coefficient (Wildman–Crippen LogP) is 3.24. The summed E-state index contributed by atoms with van der Waals surface area (Å²) in [5, 5.41) is 3.37. The molecule has 2 rings (SSSR count). The first kappa shape index (κ1) is 15.2. The van der Waals surface area contributed by atoms with Gasteiger partial charge in [0.15, 0.2) is 0 Å². The molecule has 1 N–H and O–H groups in total. The molecule has 0 atom stereocenters. The lowest BCUT2D eigenvalue weighted by Gasteiger charge is -2.21. The molecule has 0 radical (unpaired) electrons. The Labute approximate surface area is 122 Å². The van der Waals surface area contributed by atoms with Crippen molar-refractivity contribution in [2.75, 3.05) is 13.2 Å². The highest BCUT2D eigenvalue weighted by atomic mass is 16.5. The highest BCUT2D eigenvalue weighted by Crippen LogP contribution is 2.24. The molecule has 1 aromatic heterocycles. The van der Waals surface area contributed by atoms with Crippen molar-refractivity contribution in [1.29, 1.82) is 0 Å². The van der Waals surface area contributed by atoms with E-state index in [2.05, 4.69) is 22.2 Å². The predicted molar refractivity (Wildman–Crippen MR) is 80.8 cm³/mol. The van der Waals surface area contributed by atoms with Gasteiger partial charge in [0, 0.05) is 24.0 Å². The van der Waals surface area contributed by atoms with Gasteiger partial charge >= 0.3 is 6.01 Å². The Balaban J connectivity index is 1.81. The molecule has 1 fully saturated rings. The zero-order valence-electron chi connectivity index (χ0n) is 12.8. The molecule has 1 heterocycles. The second-order valence-corrected chi connectivity index (χ2v) is 5.76. The second kappa shape index (κ2) is 8.20. The average Bonchev–Trinajstić information content (AvgIpc) is 2.48. The molecule has 1 saturated carbocycles. The molecular weight excluding hydrogens is 250 g/mol. The normalized spacial score (nSPS) is 16.3. The Kier molecular flexibility index (Phi) is 6.25. The van der Waals surface area contributed by atoms with Crippen molar-refractivity contribution < 1.29 is 4.74 Å². The number of aryl methyl sites for hydroxylation is 1. The number of nitrogens with one attached hydrogen (secondary N) is 1. The minimum absolute atomic E-state index is 0.535. The summed E-state index contributed by atoms with van der Waals surface area (Å²) in [6.07, 6.45) is 9.68. The van der Waals surface area contributed by atoms with Crippen LogP contribution in [0.3, 0.4) is 0 Å². The van der Waals surface area contributed by atoms with Gasteiger partial charge in [-0.3, -0.25) is 0 Å². The molecule has 0 bridgehead atoms. The van der Waals surface area contributed by atoms with Crippen LogP contribution in [0.2, 0.25) is 0 Å². The number of aromatic nitrogens is 2. The SMILES string of the molecule is CCCNCc1cnc(OCC2CCCCC2)nc1C. The van der Waals surface area contributed by atoms with Crippen LogP contribution in [0.15, 0.2) is 6.20 Å². The van der Waals surface area contributed by atoms with Crippen LogP contribution in [0.4, 0.5) is 0 Å². The molecule has 4 heteroatoms. The molecule has 1 aliphatic carbocycles. The number of hydrogen-bond donors (Lipinski definition) is 1. The molecule has 1 aliphatic rings. The van der Waals surface area contributed by atoms with E-state index in [-0.39, 0.29) is 0 Å². The summed E-state index contributed by atoms with van der Waals surface area (Å²) < 4.78 is 5.76. The van der Waals surface area contributed by atoms with E-state index in [9.17, 15) is 0 Å². The van der Waals surface area contributed by atoms with Gasteiger partial charge in [-0.25, -0.2) is 9.97 Å². The van der Waals surface area contributed by atoms with Crippen molar-refractivity contribution in [1.82, 2.24) is 15.3 Å². The highest BCUT2D eigenvalue weighted by Gasteiger charge is 2.14. The van der Waals surface area contributed by atoms with E-state index in [1.807, 2.05) is 13.1 Å². The first-order valence-corrected chi connectivity index (χ1v) is 7.95. The second-order valence-electron chi connectivity index (χ2n) is 5.76. The minimum atomic E-state index is 0.535. The van der Waals surface area contributed by atoms with Crippen LogP contribution in [-0.2, 0) is 6.54 Å². The average molecular weight is 277 g/mol. The molecule has 0 unspecified atom stereocenters. The molecule has 0 aromatic carbocycles. The van der Waals surface area contributed by atoms with Crippen LogP contribution in [0.25, 0.3) is 0 Å². The van der Waals surface area contributed by atoms with Gasteiger partial charge in [0.25, 0.3) is 0 Å². The van der Waals surface area contributed by atoms with Gasteiger partial charge in [0.2, 0.25) is 0 Å². The number of nitrogens with zero attached hydrogens (tertiary/aromatic N) is 2. The molecule has 0 saturated heterocycles. The van der Waals surface area contributed by atoms with Crippen LogP contribution in [0.5, 0.6) is 6.01 Å². The first-order chi connectivity index (χ1) is 9.79. The van der Waals surface area contributed by atoms with E-state index in [1.54, 1.807) is 0 Å². The molecule has 0 spiro atoms. The number of ether oxygens (including phenoxy) is 1. The third-order valence-corrected chi connectivity index (χ3v) is 3.97. The Morgan fingerprint density at radius 2 is 2.10 bits per heavy atom. The van der Waals surface area contributed by atoms with Crippen LogP contribution in [0.1, 0.15) is 56.7 Å². The van der Waals surface area contributed by atoms with Crippen LogP contribution >= 0.6 is 0 Å². The summed E-state index contributed by atoms with van der Waals surface area (Å²) in [6, 6.07) is 0.535. The fourth-order valence-corrected chi connectivity index (χ4v) is 2.66. The van der Waals surface area contributed by atoms with Crippen LogP contribution < -0.4 is 10.1 Å². The van der Waals surface area contributed by atoms with Gasteiger partial charge in [-0.05, 0) is 38.6 Å². The van der Waals surface area contributed by atoms with Gasteiger partial charge < -0.3 is 10.1 Å². The summed E-state index contributed by atoms with van der Waals surface area (Å²) in [7, 11) is 0. The van der Waals surface area contributed by atoms with E-state index >= 15 is 0 Å². The van der Waals surface area contributed by atoms with Crippen molar-refractivity contribution in [2.24, 2.45) is 5.92 Å². The Morgan fingerprint density at radius 1 is 1.30 bits per heavy atom. The zero-order valence-corrected chi connectivity index (χ0v) is 12.8. The number of hydrogen-bond acceptors (Lipinski definition) is 4. The van der Waals surface area contributed by atoms with Gasteiger partial charge in [-0.1, -0.05) is 26.2 Å². The molecule has 20 heavy (non-hydrogen) atoms. The highest BCUT2D eigenvalue weighted by molar-refractivity contribution is 5.17. The monoisotopic (exact) mass is 277 g/mol. The molecule has 0 amide bonds. The summed E-state index contributed by atoms with van der Waals surface area (Å²) >= 11 is 0. The maximum atomic E-state index is 5.76. The lowest BCUT2D eigenvalue weighted by molar-refractivity contribution is 0.196. The van der Waals surface area contributed by atoms with Crippen molar-refractivity contribution in [3.05, 3.63) is 17.5 Å².